The first kappa shape index (κ1) is 19.2. The normalized spacial score (nSPS) is 10.9. The van der Waals surface area contributed by atoms with Crippen LogP contribution in [-0.2, 0) is 6.54 Å². The molecule has 0 bridgehead atoms. The summed E-state index contributed by atoms with van der Waals surface area (Å²) < 4.78 is 13.4. The fraction of sp³-hybridized carbons (Fsp3) is 0.130. The maximum atomic E-state index is 13.3. The molecule has 0 saturated carbocycles. The van der Waals surface area contributed by atoms with E-state index in [4.69, 9.17) is 14.5 Å². The minimum absolute atomic E-state index is 0.0830. The van der Waals surface area contributed by atoms with Gasteiger partial charge in [-0.15, -0.1) is 0 Å². The molecule has 0 unspecified atom stereocenters. The molecule has 4 rings (SSSR count). The number of nitrogens with zero attached hydrogens (tertiary/aromatic N) is 2. The molecule has 0 aliphatic heterocycles. The molecule has 146 valence electrons. The molecule has 6 heteroatoms. The monoisotopic (exact) mass is 450 g/mol. The number of methoxy groups -OCH3 is 2. The molecule has 0 amide bonds. The van der Waals surface area contributed by atoms with Crippen molar-refractivity contribution in [1.29, 1.82) is 0 Å². The van der Waals surface area contributed by atoms with Gasteiger partial charge in [-0.25, -0.2) is 4.98 Å². The van der Waals surface area contributed by atoms with Crippen molar-refractivity contribution in [1.82, 2.24) is 9.55 Å². The van der Waals surface area contributed by atoms with E-state index in [2.05, 4.69) is 15.9 Å². The molecule has 1 heterocycles. The lowest BCUT2D eigenvalue weighted by molar-refractivity contribution is 0.355. The van der Waals surface area contributed by atoms with E-state index in [1.165, 1.54) is 0 Å². The van der Waals surface area contributed by atoms with Crippen LogP contribution >= 0.6 is 15.9 Å². The summed E-state index contributed by atoms with van der Waals surface area (Å²) in [6.45, 7) is 0.403. The SMILES string of the molecule is COc1ccc(-c2nc3ccccc3c(=O)n2Cc2cccc(Br)c2)cc1OC. The number of benzene rings is 3. The van der Waals surface area contributed by atoms with Crippen molar-refractivity contribution in [2.45, 2.75) is 6.54 Å². The third-order valence-corrected chi connectivity index (χ3v) is 5.23. The van der Waals surface area contributed by atoms with E-state index in [0.29, 0.717) is 34.8 Å². The van der Waals surface area contributed by atoms with E-state index >= 15 is 0 Å². The summed E-state index contributed by atoms with van der Waals surface area (Å²) in [5.41, 5.74) is 2.36. The van der Waals surface area contributed by atoms with E-state index in [0.717, 1.165) is 15.6 Å². The molecule has 4 aromatic rings. The highest BCUT2D eigenvalue weighted by atomic mass is 79.9. The Morgan fingerprint density at radius 3 is 2.48 bits per heavy atom. The molecule has 0 N–H and O–H groups in total. The van der Waals surface area contributed by atoms with Crippen LogP contribution in [0.15, 0.2) is 76.0 Å². The van der Waals surface area contributed by atoms with Crippen molar-refractivity contribution in [3.8, 4) is 22.9 Å². The lowest BCUT2D eigenvalue weighted by Crippen LogP contribution is -2.24. The van der Waals surface area contributed by atoms with Crippen LogP contribution in [0, 0.1) is 0 Å². The number of ether oxygens (including phenoxy) is 2. The van der Waals surface area contributed by atoms with Crippen LogP contribution in [0.1, 0.15) is 5.56 Å². The second-order valence-corrected chi connectivity index (χ2v) is 7.46. The second kappa shape index (κ2) is 8.09. The highest BCUT2D eigenvalue weighted by molar-refractivity contribution is 9.10. The Balaban J connectivity index is 1.96. The van der Waals surface area contributed by atoms with Gasteiger partial charge in [-0.1, -0.05) is 40.2 Å². The van der Waals surface area contributed by atoms with Crippen molar-refractivity contribution >= 4 is 26.8 Å². The lowest BCUT2D eigenvalue weighted by atomic mass is 10.1. The summed E-state index contributed by atoms with van der Waals surface area (Å²) in [7, 11) is 3.18. The molecular formula is C23H19BrN2O3. The number of fused-ring (bicyclic) bond motifs is 1. The van der Waals surface area contributed by atoms with Crippen LogP contribution in [0.5, 0.6) is 11.5 Å². The summed E-state index contributed by atoms with van der Waals surface area (Å²) in [5.74, 6) is 1.79. The van der Waals surface area contributed by atoms with Gasteiger partial charge in [0.1, 0.15) is 5.82 Å². The third kappa shape index (κ3) is 3.76. The van der Waals surface area contributed by atoms with Crippen molar-refractivity contribution in [2.75, 3.05) is 14.2 Å². The summed E-state index contributed by atoms with van der Waals surface area (Å²) in [5, 5.41) is 0.590. The number of hydrogen-bond donors (Lipinski definition) is 0. The number of aromatic nitrogens is 2. The van der Waals surface area contributed by atoms with Crippen LogP contribution < -0.4 is 15.0 Å². The first-order valence-corrected chi connectivity index (χ1v) is 9.86. The summed E-state index contributed by atoms with van der Waals surface area (Å²) in [4.78, 5) is 18.2. The van der Waals surface area contributed by atoms with Gasteiger partial charge in [-0.3, -0.25) is 9.36 Å². The molecule has 0 saturated heterocycles. The maximum Gasteiger partial charge on any atom is 0.261 e. The number of hydrogen-bond acceptors (Lipinski definition) is 4. The molecule has 0 radical (unpaired) electrons. The minimum atomic E-state index is -0.0830. The van der Waals surface area contributed by atoms with Crippen LogP contribution in [-0.4, -0.2) is 23.8 Å². The summed E-state index contributed by atoms with van der Waals surface area (Å²) >= 11 is 3.50. The fourth-order valence-electron chi connectivity index (χ4n) is 3.33. The smallest absolute Gasteiger partial charge is 0.261 e. The Morgan fingerprint density at radius 2 is 1.72 bits per heavy atom. The fourth-order valence-corrected chi connectivity index (χ4v) is 3.77. The number of rotatable bonds is 5. The van der Waals surface area contributed by atoms with E-state index in [1.54, 1.807) is 24.9 Å². The third-order valence-electron chi connectivity index (χ3n) is 4.73. The van der Waals surface area contributed by atoms with Crippen LogP contribution in [0.25, 0.3) is 22.3 Å². The van der Waals surface area contributed by atoms with Gasteiger partial charge in [0.05, 0.1) is 31.7 Å². The van der Waals surface area contributed by atoms with Gasteiger partial charge in [0.15, 0.2) is 11.5 Å². The van der Waals surface area contributed by atoms with Crippen molar-refractivity contribution in [3.05, 3.63) is 87.1 Å². The van der Waals surface area contributed by atoms with Crippen LogP contribution in [0.4, 0.5) is 0 Å². The topological polar surface area (TPSA) is 53.3 Å². The van der Waals surface area contributed by atoms with E-state index in [9.17, 15) is 4.79 Å². The first-order chi connectivity index (χ1) is 14.1. The molecule has 5 nitrogen and oxygen atoms in total. The Morgan fingerprint density at radius 1 is 0.931 bits per heavy atom. The Labute approximate surface area is 176 Å². The molecule has 1 aromatic heterocycles. The zero-order valence-corrected chi connectivity index (χ0v) is 17.6. The Bertz CT molecular complexity index is 1250. The molecule has 3 aromatic carbocycles. The average Bonchev–Trinajstić information content (AvgIpc) is 2.75. The van der Waals surface area contributed by atoms with Crippen LogP contribution in [0.2, 0.25) is 0 Å². The summed E-state index contributed by atoms with van der Waals surface area (Å²) in [6, 6.07) is 20.8. The number of para-hydroxylation sites is 1. The average molecular weight is 451 g/mol. The minimum Gasteiger partial charge on any atom is -0.493 e. The Kier molecular flexibility index (Phi) is 5.36. The van der Waals surface area contributed by atoms with Crippen molar-refractivity contribution < 1.29 is 9.47 Å². The van der Waals surface area contributed by atoms with E-state index in [1.807, 2.05) is 60.7 Å². The first-order valence-electron chi connectivity index (χ1n) is 9.07. The predicted molar refractivity (Wildman–Crippen MR) is 118 cm³/mol. The molecular weight excluding hydrogens is 432 g/mol. The highest BCUT2D eigenvalue weighted by Crippen LogP contribution is 2.32. The lowest BCUT2D eigenvalue weighted by Gasteiger charge is -2.15. The van der Waals surface area contributed by atoms with Gasteiger partial charge in [0.25, 0.3) is 5.56 Å². The van der Waals surface area contributed by atoms with Gasteiger partial charge in [-0.2, -0.15) is 0 Å². The van der Waals surface area contributed by atoms with Crippen molar-refractivity contribution in [3.63, 3.8) is 0 Å². The standard InChI is InChI=1S/C23H19BrN2O3/c1-28-20-11-10-16(13-21(20)29-2)22-25-19-9-4-3-8-18(19)23(27)26(22)14-15-6-5-7-17(24)12-15/h3-13H,14H2,1-2H3. The largest absolute Gasteiger partial charge is 0.493 e. The van der Waals surface area contributed by atoms with E-state index < -0.39 is 0 Å². The maximum absolute atomic E-state index is 13.3. The molecule has 0 atom stereocenters. The quantitative estimate of drug-likeness (QED) is 0.434. The number of halogens is 1. The van der Waals surface area contributed by atoms with Gasteiger partial charge in [0.2, 0.25) is 0 Å². The molecule has 0 aliphatic rings. The molecule has 29 heavy (non-hydrogen) atoms. The molecule has 0 spiro atoms. The zero-order chi connectivity index (χ0) is 20.4. The zero-order valence-electron chi connectivity index (χ0n) is 16.1. The van der Waals surface area contributed by atoms with Crippen LogP contribution in [0.3, 0.4) is 0 Å². The molecule has 0 aliphatic carbocycles. The summed E-state index contributed by atoms with van der Waals surface area (Å²) in [6.07, 6.45) is 0. The van der Waals surface area contributed by atoms with Gasteiger partial charge < -0.3 is 9.47 Å². The molecule has 0 fully saturated rings. The van der Waals surface area contributed by atoms with E-state index in [-0.39, 0.29) is 5.56 Å². The predicted octanol–water partition coefficient (Wildman–Crippen LogP) is 4.89. The van der Waals surface area contributed by atoms with Gasteiger partial charge in [-0.05, 0) is 48.0 Å². The van der Waals surface area contributed by atoms with Gasteiger partial charge in [0, 0.05) is 10.0 Å². The highest BCUT2D eigenvalue weighted by Gasteiger charge is 2.15. The second-order valence-electron chi connectivity index (χ2n) is 6.54. The van der Waals surface area contributed by atoms with Gasteiger partial charge >= 0.3 is 0 Å². The Hall–Kier alpha value is -3.12. The van der Waals surface area contributed by atoms with Crippen molar-refractivity contribution in [2.24, 2.45) is 0 Å².